The van der Waals surface area contributed by atoms with Crippen LogP contribution in [0.25, 0.3) is 0 Å². The Morgan fingerprint density at radius 2 is 1.66 bits per heavy atom. The molecule has 2 amide bonds. The number of methoxy groups -OCH3 is 1. The Morgan fingerprint density at radius 3 is 2.32 bits per heavy atom. The third kappa shape index (κ3) is 3.78. The van der Waals surface area contributed by atoms with E-state index in [1.807, 2.05) is 13.0 Å². The summed E-state index contributed by atoms with van der Waals surface area (Å²) >= 11 is 12.5. The number of rotatable bonds is 3. The van der Waals surface area contributed by atoms with Crippen molar-refractivity contribution in [2.24, 2.45) is 29.1 Å². The second kappa shape index (κ2) is 9.57. The van der Waals surface area contributed by atoms with Crippen LogP contribution in [0.3, 0.4) is 0 Å². The molecule has 1 saturated carbocycles. The molecule has 4 aliphatic rings. The molecule has 2 aromatic carbocycles. The van der Waals surface area contributed by atoms with Crippen molar-refractivity contribution in [2.45, 2.75) is 39.5 Å². The van der Waals surface area contributed by atoms with E-state index in [1.54, 1.807) is 50.2 Å². The number of anilines is 1. The lowest BCUT2D eigenvalue weighted by atomic mass is 9.46. The number of phenols is 1. The molecule has 2 fully saturated rings. The number of imide groups is 1. The summed E-state index contributed by atoms with van der Waals surface area (Å²) in [6.45, 7) is 5.17. The maximum atomic E-state index is 14.1. The van der Waals surface area contributed by atoms with Crippen molar-refractivity contribution in [1.29, 1.82) is 0 Å². The van der Waals surface area contributed by atoms with Gasteiger partial charge >= 0.3 is 0 Å². The van der Waals surface area contributed by atoms with E-state index in [2.05, 4.69) is 0 Å². The van der Waals surface area contributed by atoms with Gasteiger partial charge in [-0.05, 0) is 85.7 Å². The minimum Gasteiger partial charge on any atom is -0.503 e. The molecule has 0 radical (unpaired) electrons. The molecule has 41 heavy (non-hydrogen) atoms. The van der Waals surface area contributed by atoms with Crippen LogP contribution in [0.2, 0.25) is 10.0 Å². The second-order valence-corrected chi connectivity index (χ2v) is 12.5. The maximum absolute atomic E-state index is 14.1. The second-order valence-electron chi connectivity index (χ2n) is 11.7. The lowest BCUT2D eigenvalue weighted by Gasteiger charge is -2.54. The Labute approximate surface area is 247 Å². The van der Waals surface area contributed by atoms with Crippen molar-refractivity contribution >= 4 is 52.3 Å². The van der Waals surface area contributed by atoms with Gasteiger partial charge in [0.2, 0.25) is 11.8 Å². The Morgan fingerprint density at radius 1 is 0.976 bits per heavy atom. The van der Waals surface area contributed by atoms with Gasteiger partial charge in [0.15, 0.2) is 23.1 Å². The SMILES string of the molecule is COc1cc([C@H]2C3=CC[C@@H]4C(=O)N(c5ccc(Cl)cc5)C(=O)[C@@H]4[C@@H]3C[C@H]3C(=O)C(C)=C(C)C(=O)[C@@]23C)cc(Cl)c1O. The van der Waals surface area contributed by atoms with Gasteiger partial charge in [0, 0.05) is 16.9 Å². The number of carbonyl (C=O) groups excluding carboxylic acids is 4. The summed E-state index contributed by atoms with van der Waals surface area (Å²) in [5.74, 6) is -4.01. The number of ketones is 2. The zero-order valence-corrected chi connectivity index (χ0v) is 24.5. The molecule has 9 heteroatoms. The monoisotopic (exact) mass is 593 g/mol. The number of aromatic hydroxyl groups is 1. The van der Waals surface area contributed by atoms with Crippen molar-refractivity contribution in [3.8, 4) is 11.5 Å². The number of phenolic OH excluding ortho intramolecular Hbond substituents is 1. The van der Waals surface area contributed by atoms with Gasteiger partial charge in [-0.1, -0.05) is 41.8 Å². The molecule has 2 aromatic rings. The summed E-state index contributed by atoms with van der Waals surface area (Å²) in [5.41, 5.74) is 1.57. The Bertz CT molecular complexity index is 1610. The summed E-state index contributed by atoms with van der Waals surface area (Å²) in [4.78, 5) is 56.9. The molecule has 3 aliphatic carbocycles. The van der Waals surface area contributed by atoms with Gasteiger partial charge in [-0.15, -0.1) is 0 Å². The predicted octanol–water partition coefficient (Wildman–Crippen LogP) is 6.06. The van der Waals surface area contributed by atoms with Crippen LogP contribution in [0.15, 0.2) is 59.2 Å². The number of nitrogens with zero attached hydrogens (tertiary/aromatic N) is 1. The number of hydrogen-bond donors (Lipinski definition) is 1. The number of hydrogen-bond acceptors (Lipinski definition) is 6. The van der Waals surface area contributed by atoms with Gasteiger partial charge in [0.05, 0.1) is 35.1 Å². The van der Waals surface area contributed by atoms with E-state index in [9.17, 15) is 24.3 Å². The molecule has 0 spiro atoms. The fraction of sp³-hybridized carbons (Fsp3) is 0.375. The molecule has 212 valence electrons. The molecule has 6 atom stereocenters. The highest BCUT2D eigenvalue weighted by Crippen LogP contribution is 2.63. The number of Topliss-reactive ketones (excluding diaryl/α,β-unsaturated/α-hetero) is 2. The number of amides is 2. The largest absolute Gasteiger partial charge is 0.503 e. The minimum atomic E-state index is -1.16. The number of carbonyl (C=O) groups is 4. The first-order valence-corrected chi connectivity index (χ1v) is 14.3. The molecule has 0 unspecified atom stereocenters. The van der Waals surface area contributed by atoms with Crippen LogP contribution in [0, 0.1) is 29.1 Å². The molecule has 1 saturated heterocycles. The summed E-state index contributed by atoms with van der Waals surface area (Å²) in [5, 5.41) is 11.0. The zero-order valence-electron chi connectivity index (χ0n) is 23.0. The van der Waals surface area contributed by atoms with E-state index in [0.29, 0.717) is 33.8 Å². The average molecular weight is 594 g/mol. The van der Waals surface area contributed by atoms with Crippen LogP contribution in [0.4, 0.5) is 5.69 Å². The summed E-state index contributed by atoms with van der Waals surface area (Å²) in [6.07, 6.45) is 2.56. The molecule has 1 aliphatic heterocycles. The third-order valence-corrected chi connectivity index (χ3v) is 10.4. The summed E-state index contributed by atoms with van der Waals surface area (Å²) in [6, 6.07) is 9.81. The van der Waals surface area contributed by atoms with Gasteiger partial charge in [-0.25, -0.2) is 0 Å². The summed E-state index contributed by atoms with van der Waals surface area (Å²) < 4.78 is 5.39. The standard InChI is InChI=1S/C32H29Cl2NO6/c1-14-15(2)29(38)32(3)22(27(14)36)13-21-19(26(32)16-11-23(34)28(37)24(12-16)41-4)9-10-20-25(21)31(40)35(30(20)39)18-7-5-17(33)6-8-18/h5-9,11-12,20-22,25-26,37H,10,13H2,1-4H3/t20-,21+,22-,25-,26-,32+/m0/s1. The smallest absolute Gasteiger partial charge is 0.238 e. The highest BCUT2D eigenvalue weighted by Gasteiger charge is 2.64. The van der Waals surface area contributed by atoms with Crippen molar-refractivity contribution in [3.05, 3.63) is 74.8 Å². The lowest BCUT2D eigenvalue weighted by Crippen LogP contribution is -2.55. The predicted molar refractivity (Wildman–Crippen MR) is 154 cm³/mol. The van der Waals surface area contributed by atoms with E-state index in [4.69, 9.17) is 27.9 Å². The molecular weight excluding hydrogens is 565 g/mol. The van der Waals surface area contributed by atoms with Crippen LogP contribution >= 0.6 is 23.2 Å². The van der Waals surface area contributed by atoms with Crippen LogP contribution in [-0.2, 0) is 19.2 Å². The fourth-order valence-corrected chi connectivity index (χ4v) is 8.07. The number of ether oxygens (including phenoxy) is 1. The van der Waals surface area contributed by atoms with Crippen molar-refractivity contribution in [1.82, 2.24) is 0 Å². The molecular formula is C32H29Cl2NO6. The first kappa shape index (κ1) is 27.7. The third-order valence-electron chi connectivity index (χ3n) is 9.86. The minimum absolute atomic E-state index is 0.0509. The lowest BCUT2D eigenvalue weighted by molar-refractivity contribution is -0.142. The van der Waals surface area contributed by atoms with Crippen molar-refractivity contribution < 1.29 is 29.0 Å². The number of fused-ring (bicyclic) bond motifs is 4. The molecule has 1 heterocycles. The molecule has 0 bridgehead atoms. The van der Waals surface area contributed by atoms with E-state index < -0.39 is 35.0 Å². The number of halogens is 2. The van der Waals surface area contributed by atoms with E-state index >= 15 is 0 Å². The molecule has 1 N–H and O–H groups in total. The topological polar surface area (TPSA) is 101 Å². The van der Waals surface area contributed by atoms with Gasteiger partial charge in [-0.2, -0.15) is 0 Å². The molecule has 6 rings (SSSR count). The molecule has 7 nitrogen and oxygen atoms in total. The quantitative estimate of drug-likeness (QED) is 0.343. The van der Waals surface area contributed by atoms with E-state index in [0.717, 1.165) is 5.57 Å². The molecule has 0 aromatic heterocycles. The van der Waals surface area contributed by atoms with Crippen LogP contribution in [0.5, 0.6) is 11.5 Å². The Hall–Kier alpha value is -3.42. The van der Waals surface area contributed by atoms with Crippen LogP contribution < -0.4 is 9.64 Å². The normalized spacial score (nSPS) is 31.1. The fourth-order valence-electron chi connectivity index (χ4n) is 7.72. The maximum Gasteiger partial charge on any atom is 0.238 e. The van der Waals surface area contributed by atoms with Gasteiger partial charge in [0.25, 0.3) is 0 Å². The highest BCUT2D eigenvalue weighted by atomic mass is 35.5. The average Bonchev–Trinajstić information content (AvgIpc) is 3.21. The van der Waals surface area contributed by atoms with Crippen LogP contribution in [0.1, 0.15) is 45.1 Å². The number of benzene rings is 2. The van der Waals surface area contributed by atoms with Gasteiger partial charge in [0.1, 0.15) is 0 Å². The zero-order chi connectivity index (χ0) is 29.5. The number of allylic oxidation sites excluding steroid dienone is 4. The Balaban J connectivity index is 1.53. The Kier molecular flexibility index (Phi) is 6.47. The van der Waals surface area contributed by atoms with E-state index in [1.165, 1.54) is 12.0 Å². The first-order chi connectivity index (χ1) is 19.4. The van der Waals surface area contributed by atoms with E-state index in [-0.39, 0.29) is 46.3 Å². The van der Waals surface area contributed by atoms with Crippen molar-refractivity contribution in [2.75, 3.05) is 12.0 Å². The highest BCUT2D eigenvalue weighted by molar-refractivity contribution is 6.32. The van der Waals surface area contributed by atoms with Crippen LogP contribution in [-0.4, -0.2) is 35.6 Å². The summed E-state index contributed by atoms with van der Waals surface area (Å²) in [7, 11) is 1.41. The van der Waals surface area contributed by atoms with Gasteiger partial charge in [-0.3, -0.25) is 24.1 Å². The van der Waals surface area contributed by atoms with Gasteiger partial charge < -0.3 is 9.84 Å². The van der Waals surface area contributed by atoms with Crippen molar-refractivity contribution in [3.63, 3.8) is 0 Å². The first-order valence-electron chi connectivity index (χ1n) is 13.6.